The predicted molar refractivity (Wildman–Crippen MR) is 83.4 cm³/mol. The Morgan fingerprint density at radius 1 is 1.57 bits per heavy atom. The first-order valence-electron chi connectivity index (χ1n) is 7.69. The van der Waals surface area contributed by atoms with E-state index >= 15 is 0 Å². The zero-order valence-electron chi connectivity index (χ0n) is 12.9. The number of hydrogen-bond acceptors (Lipinski definition) is 4. The van der Waals surface area contributed by atoms with E-state index in [4.69, 9.17) is 10.5 Å². The lowest BCUT2D eigenvalue weighted by Gasteiger charge is -2.34. The number of pyridine rings is 1. The number of aromatic nitrogens is 1. The van der Waals surface area contributed by atoms with E-state index < -0.39 is 5.91 Å². The number of amides is 1. The molecule has 2 heterocycles. The van der Waals surface area contributed by atoms with Gasteiger partial charge in [-0.15, -0.1) is 0 Å². The first-order chi connectivity index (χ1) is 10.1. The van der Waals surface area contributed by atoms with Gasteiger partial charge in [0, 0.05) is 19.3 Å². The van der Waals surface area contributed by atoms with Crippen molar-refractivity contribution in [2.24, 2.45) is 11.7 Å². The summed E-state index contributed by atoms with van der Waals surface area (Å²) < 4.78 is 5.83. The van der Waals surface area contributed by atoms with E-state index in [9.17, 15) is 4.79 Å². The maximum Gasteiger partial charge on any atom is 0.252 e. The lowest BCUT2D eigenvalue weighted by Crippen LogP contribution is -2.43. The number of rotatable bonds is 6. The summed E-state index contributed by atoms with van der Waals surface area (Å²) in [4.78, 5) is 18.0. The molecular weight excluding hydrogens is 266 g/mol. The molecule has 1 saturated heterocycles. The molecule has 0 radical (unpaired) electrons. The van der Waals surface area contributed by atoms with Gasteiger partial charge in [0.15, 0.2) is 0 Å². The minimum Gasteiger partial charge on any atom is -0.375 e. The highest BCUT2D eigenvalue weighted by molar-refractivity contribution is 5.97. The second-order valence-electron chi connectivity index (χ2n) is 6.00. The third kappa shape index (κ3) is 4.43. The lowest BCUT2D eigenvalue weighted by atomic mass is 10.0. The monoisotopic (exact) mass is 291 g/mol. The van der Waals surface area contributed by atoms with Crippen LogP contribution in [0.1, 0.15) is 43.5 Å². The summed E-state index contributed by atoms with van der Waals surface area (Å²) in [5, 5.41) is 0. The Balaban J connectivity index is 1.99. The van der Waals surface area contributed by atoms with Crippen LogP contribution < -0.4 is 10.6 Å². The smallest absolute Gasteiger partial charge is 0.252 e. The summed E-state index contributed by atoms with van der Waals surface area (Å²) in [6, 6.07) is 3.47. The Kier molecular flexibility index (Phi) is 5.56. The van der Waals surface area contributed by atoms with E-state index in [0.717, 1.165) is 25.4 Å². The first kappa shape index (κ1) is 15.8. The molecule has 0 aliphatic carbocycles. The van der Waals surface area contributed by atoms with Crippen LogP contribution in [-0.2, 0) is 4.74 Å². The van der Waals surface area contributed by atoms with Gasteiger partial charge in [0.25, 0.3) is 5.91 Å². The van der Waals surface area contributed by atoms with Crippen molar-refractivity contribution in [3.8, 4) is 0 Å². The molecule has 21 heavy (non-hydrogen) atoms. The Labute approximate surface area is 126 Å². The van der Waals surface area contributed by atoms with Crippen molar-refractivity contribution in [1.82, 2.24) is 4.98 Å². The summed E-state index contributed by atoms with van der Waals surface area (Å²) >= 11 is 0. The third-order valence-corrected chi connectivity index (χ3v) is 3.80. The average Bonchev–Trinajstić information content (AvgIpc) is 2.47. The van der Waals surface area contributed by atoms with E-state index in [0.29, 0.717) is 18.0 Å². The fourth-order valence-corrected chi connectivity index (χ4v) is 2.68. The van der Waals surface area contributed by atoms with Crippen molar-refractivity contribution >= 4 is 11.7 Å². The van der Waals surface area contributed by atoms with Crippen LogP contribution in [0.5, 0.6) is 0 Å². The molecule has 0 aromatic carbocycles. The molecule has 1 aromatic rings. The number of ether oxygens (including phenoxy) is 1. The second kappa shape index (κ2) is 7.41. The Hall–Kier alpha value is -1.62. The maximum atomic E-state index is 11.5. The molecule has 2 N–H and O–H groups in total. The average molecular weight is 291 g/mol. The molecule has 1 atom stereocenters. The molecule has 1 aliphatic heterocycles. The molecule has 1 aliphatic rings. The highest BCUT2D eigenvalue weighted by Crippen LogP contribution is 2.21. The van der Waals surface area contributed by atoms with Crippen LogP contribution in [0.2, 0.25) is 0 Å². The number of carbonyl (C=O) groups is 1. The van der Waals surface area contributed by atoms with Gasteiger partial charge in [-0.05, 0) is 24.5 Å². The molecule has 0 unspecified atom stereocenters. The fourth-order valence-electron chi connectivity index (χ4n) is 2.68. The minimum atomic E-state index is -0.430. The topological polar surface area (TPSA) is 68.5 Å². The molecule has 0 saturated carbocycles. The van der Waals surface area contributed by atoms with E-state index in [1.165, 1.54) is 12.8 Å². The van der Waals surface area contributed by atoms with Gasteiger partial charge in [0.1, 0.15) is 5.82 Å². The highest BCUT2D eigenvalue weighted by atomic mass is 16.5. The standard InChI is InChI=1S/C16H25N3O2/c1-12(2)5-3-6-13-11-19(9-10-21-13)16-14(15(17)20)7-4-8-18-16/h4,7-8,12-13H,3,5-6,9-11H2,1-2H3,(H2,17,20)/t13-/m1/s1. The molecule has 1 amide bonds. The molecular formula is C16H25N3O2. The van der Waals surface area contributed by atoms with Crippen LogP contribution in [0.25, 0.3) is 0 Å². The van der Waals surface area contributed by atoms with Crippen LogP contribution in [-0.4, -0.2) is 36.7 Å². The summed E-state index contributed by atoms with van der Waals surface area (Å²) in [5.74, 6) is 0.977. The van der Waals surface area contributed by atoms with Crippen molar-refractivity contribution < 1.29 is 9.53 Å². The number of anilines is 1. The Morgan fingerprint density at radius 3 is 3.10 bits per heavy atom. The molecule has 1 fully saturated rings. The van der Waals surface area contributed by atoms with Gasteiger partial charge in [-0.2, -0.15) is 0 Å². The minimum absolute atomic E-state index is 0.209. The number of carbonyl (C=O) groups excluding carboxylic acids is 1. The Morgan fingerprint density at radius 2 is 2.38 bits per heavy atom. The van der Waals surface area contributed by atoms with Crippen LogP contribution in [0.4, 0.5) is 5.82 Å². The van der Waals surface area contributed by atoms with Gasteiger partial charge < -0.3 is 15.4 Å². The second-order valence-corrected chi connectivity index (χ2v) is 6.00. The van der Waals surface area contributed by atoms with Gasteiger partial charge in [-0.1, -0.05) is 26.7 Å². The van der Waals surface area contributed by atoms with Crippen molar-refractivity contribution in [2.45, 2.75) is 39.2 Å². The van der Waals surface area contributed by atoms with E-state index in [2.05, 4.69) is 23.7 Å². The van der Waals surface area contributed by atoms with E-state index in [1.54, 1.807) is 18.3 Å². The van der Waals surface area contributed by atoms with E-state index in [1.807, 2.05) is 0 Å². The van der Waals surface area contributed by atoms with Crippen LogP contribution in [0.15, 0.2) is 18.3 Å². The zero-order valence-corrected chi connectivity index (χ0v) is 12.9. The van der Waals surface area contributed by atoms with Gasteiger partial charge in [0.05, 0.1) is 18.3 Å². The summed E-state index contributed by atoms with van der Waals surface area (Å²) in [5.41, 5.74) is 5.92. The molecule has 0 bridgehead atoms. The molecule has 5 nitrogen and oxygen atoms in total. The third-order valence-electron chi connectivity index (χ3n) is 3.80. The molecule has 5 heteroatoms. The van der Waals surface area contributed by atoms with Crippen LogP contribution in [0.3, 0.4) is 0 Å². The van der Waals surface area contributed by atoms with Gasteiger partial charge >= 0.3 is 0 Å². The first-order valence-corrected chi connectivity index (χ1v) is 7.69. The number of morpholine rings is 1. The van der Waals surface area contributed by atoms with Gasteiger partial charge in [-0.3, -0.25) is 4.79 Å². The molecule has 0 spiro atoms. The number of hydrogen-bond donors (Lipinski definition) is 1. The van der Waals surface area contributed by atoms with Crippen molar-refractivity contribution in [3.05, 3.63) is 23.9 Å². The van der Waals surface area contributed by atoms with Crippen molar-refractivity contribution in [2.75, 3.05) is 24.6 Å². The maximum absolute atomic E-state index is 11.5. The molecule has 1 aromatic heterocycles. The predicted octanol–water partition coefficient (Wildman–Crippen LogP) is 2.21. The SMILES string of the molecule is CC(C)CCC[C@@H]1CN(c2ncccc2C(N)=O)CCO1. The van der Waals surface area contributed by atoms with E-state index in [-0.39, 0.29) is 6.10 Å². The number of nitrogens with two attached hydrogens (primary N) is 1. The quantitative estimate of drug-likeness (QED) is 0.872. The Bertz CT molecular complexity index is 476. The van der Waals surface area contributed by atoms with Gasteiger partial charge in [0.2, 0.25) is 0 Å². The summed E-state index contributed by atoms with van der Waals surface area (Å²) in [7, 11) is 0. The summed E-state index contributed by atoms with van der Waals surface area (Å²) in [6.45, 7) is 6.66. The number of nitrogens with zero attached hydrogens (tertiary/aromatic N) is 2. The lowest BCUT2D eigenvalue weighted by molar-refractivity contribution is 0.0328. The largest absolute Gasteiger partial charge is 0.375 e. The number of primary amides is 1. The van der Waals surface area contributed by atoms with Crippen molar-refractivity contribution in [1.29, 1.82) is 0 Å². The van der Waals surface area contributed by atoms with Crippen LogP contribution in [0, 0.1) is 5.92 Å². The molecule has 116 valence electrons. The molecule has 2 rings (SSSR count). The van der Waals surface area contributed by atoms with Gasteiger partial charge in [-0.25, -0.2) is 4.98 Å². The van der Waals surface area contributed by atoms with Crippen LogP contribution >= 0.6 is 0 Å². The summed E-state index contributed by atoms with van der Waals surface area (Å²) in [6.07, 6.45) is 5.34. The fraction of sp³-hybridized carbons (Fsp3) is 0.625. The normalized spacial score (nSPS) is 19.0. The highest BCUT2D eigenvalue weighted by Gasteiger charge is 2.24. The zero-order chi connectivity index (χ0) is 15.2. The van der Waals surface area contributed by atoms with Crippen molar-refractivity contribution in [3.63, 3.8) is 0 Å².